The summed E-state index contributed by atoms with van der Waals surface area (Å²) in [5.74, 6) is 0.694. The molecule has 0 saturated carbocycles. The van der Waals surface area contributed by atoms with Crippen molar-refractivity contribution in [3.63, 3.8) is 0 Å². The van der Waals surface area contributed by atoms with Gasteiger partial charge in [-0.05, 0) is 43.2 Å². The second kappa shape index (κ2) is 6.75. The average Bonchev–Trinajstić information content (AvgIpc) is 2.58. The van der Waals surface area contributed by atoms with Crippen molar-refractivity contribution < 1.29 is 4.74 Å². The molecular formula is C18H15Cl2N3O. The number of hydrogen-bond acceptors (Lipinski definition) is 4. The lowest BCUT2D eigenvalue weighted by Gasteiger charge is -2.15. The van der Waals surface area contributed by atoms with E-state index >= 15 is 0 Å². The zero-order valence-corrected chi connectivity index (χ0v) is 15.0. The highest BCUT2D eigenvalue weighted by Crippen LogP contribution is 2.39. The number of benzene rings is 1. The van der Waals surface area contributed by atoms with E-state index in [4.69, 9.17) is 27.9 Å². The second-order valence-corrected chi connectivity index (χ2v) is 6.17. The van der Waals surface area contributed by atoms with Gasteiger partial charge in [-0.3, -0.25) is 4.98 Å². The van der Waals surface area contributed by atoms with E-state index < -0.39 is 0 Å². The molecule has 0 N–H and O–H groups in total. The quantitative estimate of drug-likeness (QED) is 0.649. The van der Waals surface area contributed by atoms with E-state index in [2.05, 4.69) is 15.2 Å². The zero-order valence-electron chi connectivity index (χ0n) is 13.5. The third-order valence-electron chi connectivity index (χ3n) is 3.76. The van der Waals surface area contributed by atoms with Crippen LogP contribution in [0, 0.1) is 13.8 Å². The topological polar surface area (TPSA) is 47.9 Å². The fourth-order valence-corrected chi connectivity index (χ4v) is 2.96. The van der Waals surface area contributed by atoms with Gasteiger partial charge in [0.1, 0.15) is 5.75 Å². The number of hydrogen-bond donors (Lipinski definition) is 0. The molecule has 4 nitrogen and oxygen atoms in total. The Kier molecular flexibility index (Phi) is 4.69. The molecule has 0 aliphatic heterocycles. The SMILES string of the molecule is COc1cnc(-c2c(Cl)nnc(C)c2-c2ccc(Cl)cc2)c(C)c1. The normalized spacial score (nSPS) is 10.7. The summed E-state index contributed by atoms with van der Waals surface area (Å²) < 4.78 is 5.23. The molecule has 3 aromatic rings. The average molecular weight is 360 g/mol. The van der Waals surface area contributed by atoms with Crippen LogP contribution in [0.5, 0.6) is 5.75 Å². The summed E-state index contributed by atoms with van der Waals surface area (Å²) in [7, 11) is 1.61. The third kappa shape index (κ3) is 3.07. The molecule has 0 atom stereocenters. The maximum absolute atomic E-state index is 6.39. The van der Waals surface area contributed by atoms with E-state index in [0.29, 0.717) is 15.9 Å². The summed E-state index contributed by atoms with van der Waals surface area (Å²) in [6.07, 6.45) is 1.67. The predicted octanol–water partition coefficient (Wildman–Crippen LogP) is 5.14. The molecular weight excluding hydrogens is 345 g/mol. The minimum atomic E-state index is 0.311. The molecule has 2 aromatic heterocycles. The smallest absolute Gasteiger partial charge is 0.161 e. The van der Waals surface area contributed by atoms with Crippen molar-refractivity contribution >= 4 is 23.2 Å². The van der Waals surface area contributed by atoms with Crippen molar-refractivity contribution in [3.05, 3.63) is 58.0 Å². The van der Waals surface area contributed by atoms with Gasteiger partial charge >= 0.3 is 0 Å². The molecule has 0 unspecified atom stereocenters. The Bertz CT molecular complexity index is 896. The first kappa shape index (κ1) is 16.7. The minimum absolute atomic E-state index is 0.311. The van der Waals surface area contributed by atoms with E-state index in [1.165, 1.54) is 0 Å². The Hall–Kier alpha value is -2.17. The Morgan fingerprint density at radius 1 is 0.958 bits per heavy atom. The Morgan fingerprint density at radius 2 is 1.67 bits per heavy atom. The highest BCUT2D eigenvalue weighted by molar-refractivity contribution is 6.33. The van der Waals surface area contributed by atoms with Gasteiger partial charge < -0.3 is 4.74 Å². The van der Waals surface area contributed by atoms with E-state index in [9.17, 15) is 0 Å². The fourth-order valence-electron chi connectivity index (χ4n) is 2.61. The number of pyridine rings is 1. The maximum Gasteiger partial charge on any atom is 0.161 e. The molecule has 2 heterocycles. The van der Waals surface area contributed by atoms with Crippen LogP contribution in [0.4, 0.5) is 0 Å². The van der Waals surface area contributed by atoms with Crippen molar-refractivity contribution in [2.75, 3.05) is 7.11 Å². The summed E-state index contributed by atoms with van der Waals surface area (Å²) >= 11 is 12.4. The number of aryl methyl sites for hydroxylation is 2. The molecule has 0 bridgehead atoms. The lowest BCUT2D eigenvalue weighted by atomic mass is 9.96. The summed E-state index contributed by atoms with van der Waals surface area (Å²) in [6, 6.07) is 9.46. The molecule has 0 radical (unpaired) electrons. The maximum atomic E-state index is 6.39. The monoisotopic (exact) mass is 359 g/mol. The first-order chi connectivity index (χ1) is 11.5. The molecule has 24 heavy (non-hydrogen) atoms. The zero-order chi connectivity index (χ0) is 17.3. The van der Waals surface area contributed by atoms with Crippen LogP contribution in [0.1, 0.15) is 11.3 Å². The standard InChI is InChI=1S/C18H15Cl2N3O/c1-10-8-14(24-3)9-21-17(10)16-15(11(2)22-23-18(16)20)12-4-6-13(19)7-5-12/h4-9H,1-3H3. The summed E-state index contributed by atoms with van der Waals surface area (Å²) in [4.78, 5) is 4.52. The van der Waals surface area contributed by atoms with Crippen molar-refractivity contribution in [2.45, 2.75) is 13.8 Å². The van der Waals surface area contributed by atoms with E-state index in [1.807, 2.05) is 44.2 Å². The Morgan fingerprint density at radius 3 is 2.29 bits per heavy atom. The van der Waals surface area contributed by atoms with Gasteiger partial charge in [-0.1, -0.05) is 35.3 Å². The van der Waals surface area contributed by atoms with Crippen molar-refractivity contribution in [1.29, 1.82) is 0 Å². The lowest BCUT2D eigenvalue weighted by Crippen LogP contribution is -2.00. The summed E-state index contributed by atoms with van der Waals surface area (Å²) in [5.41, 5.74) is 5.08. The largest absolute Gasteiger partial charge is 0.495 e. The predicted molar refractivity (Wildman–Crippen MR) is 96.7 cm³/mol. The molecule has 3 rings (SSSR count). The van der Waals surface area contributed by atoms with Crippen LogP contribution in [0.2, 0.25) is 10.2 Å². The second-order valence-electron chi connectivity index (χ2n) is 5.37. The Labute approximate surface area is 150 Å². The molecule has 0 fully saturated rings. The number of ether oxygens (including phenoxy) is 1. The molecule has 6 heteroatoms. The van der Waals surface area contributed by atoms with Gasteiger partial charge in [-0.15, -0.1) is 5.10 Å². The van der Waals surface area contributed by atoms with Crippen molar-refractivity contribution in [2.24, 2.45) is 0 Å². The highest BCUT2D eigenvalue weighted by atomic mass is 35.5. The van der Waals surface area contributed by atoms with E-state index in [1.54, 1.807) is 13.3 Å². The molecule has 0 saturated heterocycles. The highest BCUT2D eigenvalue weighted by Gasteiger charge is 2.19. The third-order valence-corrected chi connectivity index (χ3v) is 4.28. The van der Waals surface area contributed by atoms with Gasteiger partial charge in [0.15, 0.2) is 5.15 Å². The molecule has 122 valence electrons. The van der Waals surface area contributed by atoms with Gasteiger partial charge in [0.2, 0.25) is 0 Å². The first-order valence-corrected chi connectivity index (χ1v) is 8.06. The van der Waals surface area contributed by atoms with Gasteiger partial charge in [0.25, 0.3) is 0 Å². The van der Waals surface area contributed by atoms with Crippen LogP contribution in [0.25, 0.3) is 22.4 Å². The van der Waals surface area contributed by atoms with Crippen LogP contribution in [-0.4, -0.2) is 22.3 Å². The van der Waals surface area contributed by atoms with Crippen LogP contribution in [0.3, 0.4) is 0 Å². The molecule has 1 aromatic carbocycles. The Balaban J connectivity index is 2.28. The number of rotatable bonds is 3. The lowest BCUT2D eigenvalue weighted by molar-refractivity contribution is 0.412. The van der Waals surface area contributed by atoms with Gasteiger partial charge in [0.05, 0.1) is 24.7 Å². The molecule has 0 spiro atoms. The van der Waals surface area contributed by atoms with Gasteiger partial charge in [-0.25, -0.2) is 0 Å². The van der Waals surface area contributed by atoms with Crippen LogP contribution in [0.15, 0.2) is 36.5 Å². The van der Waals surface area contributed by atoms with Crippen LogP contribution < -0.4 is 4.74 Å². The van der Waals surface area contributed by atoms with Crippen LogP contribution >= 0.6 is 23.2 Å². The minimum Gasteiger partial charge on any atom is -0.495 e. The number of methoxy groups -OCH3 is 1. The molecule has 0 aliphatic rings. The fraction of sp³-hybridized carbons (Fsp3) is 0.167. The summed E-state index contributed by atoms with van der Waals surface area (Å²) in [5, 5.41) is 9.20. The number of halogens is 2. The number of aromatic nitrogens is 3. The molecule has 0 amide bonds. The molecule has 0 aliphatic carbocycles. The van der Waals surface area contributed by atoms with Crippen molar-refractivity contribution in [1.82, 2.24) is 15.2 Å². The van der Waals surface area contributed by atoms with Gasteiger partial charge in [0, 0.05) is 16.1 Å². The van der Waals surface area contributed by atoms with Crippen LogP contribution in [-0.2, 0) is 0 Å². The number of nitrogens with zero attached hydrogens (tertiary/aromatic N) is 3. The summed E-state index contributed by atoms with van der Waals surface area (Å²) in [6.45, 7) is 3.86. The van der Waals surface area contributed by atoms with Gasteiger partial charge in [-0.2, -0.15) is 5.10 Å². The first-order valence-electron chi connectivity index (χ1n) is 7.31. The van der Waals surface area contributed by atoms with E-state index in [0.717, 1.165) is 33.6 Å². The van der Waals surface area contributed by atoms with E-state index in [-0.39, 0.29) is 0 Å². The van der Waals surface area contributed by atoms with Crippen molar-refractivity contribution in [3.8, 4) is 28.1 Å².